The molecule has 0 unspecified atom stereocenters. The number of carbonyl (C=O) groups excluding carboxylic acids is 1. The summed E-state index contributed by atoms with van der Waals surface area (Å²) in [4.78, 5) is 14.4. The molecule has 7 heteroatoms. The Morgan fingerprint density at radius 3 is 1.88 bits per heavy atom. The van der Waals surface area contributed by atoms with Crippen LogP contribution in [0.15, 0.2) is 0 Å². The predicted molar refractivity (Wildman–Crippen MR) is 94.2 cm³/mol. The van der Waals surface area contributed by atoms with Crippen molar-refractivity contribution in [2.24, 2.45) is 11.3 Å². The fraction of sp³-hybridized carbons (Fsp3) is 0.941. The van der Waals surface area contributed by atoms with Crippen molar-refractivity contribution >= 4 is 16.1 Å². The Labute approximate surface area is 146 Å². The van der Waals surface area contributed by atoms with Gasteiger partial charge in [-0.15, -0.1) is 0 Å². The smallest absolute Gasteiger partial charge is 0.317 e. The van der Waals surface area contributed by atoms with E-state index in [4.69, 9.17) is 0 Å². The zero-order chi connectivity index (χ0) is 17.6. The van der Waals surface area contributed by atoms with Crippen LogP contribution in [0.5, 0.6) is 0 Å². The zero-order valence-electron chi connectivity index (χ0n) is 15.2. The summed E-state index contributed by atoms with van der Waals surface area (Å²) in [5, 5.41) is 3.32. The molecule has 2 bridgehead atoms. The average molecular weight is 358 g/mol. The second kappa shape index (κ2) is 6.16. The van der Waals surface area contributed by atoms with Crippen molar-refractivity contribution < 1.29 is 13.2 Å². The lowest BCUT2D eigenvalue weighted by Gasteiger charge is -2.56. The minimum Gasteiger partial charge on any atom is -0.333 e. The molecule has 0 radical (unpaired) electrons. The molecule has 0 aromatic carbocycles. The molecule has 0 atom stereocenters. The highest BCUT2D eigenvalue weighted by Gasteiger charge is 2.50. The summed E-state index contributed by atoms with van der Waals surface area (Å²) in [6.07, 6.45) is 8.12. The monoisotopic (exact) mass is 357 g/mol. The molecule has 4 fully saturated rings. The van der Waals surface area contributed by atoms with E-state index in [0.29, 0.717) is 31.6 Å². The quantitative estimate of drug-likeness (QED) is 0.840. The van der Waals surface area contributed by atoms with Crippen molar-refractivity contribution in [1.82, 2.24) is 14.5 Å². The summed E-state index contributed by atoms with van der Waals surface area (Å²) < 4.78 is 24.6. The van der Waals surface area contributed by atoms with E-state index >= 15 is 0 Å². The Bertz CT molecular complexity index is 570. The summed E-state index contributed by atoms with van der Waals surface area (Å²) in [6, 6.07) is -0.0119. The number of nitrogens with zero attached hydrogens (tertiary/aromatic N) is 2. The zero-order valence-corrected chi connectivity index (χ0v) is 16.0. The first kappa shape index (κ1) is 18.0. The van der Waals surface area contributed by atoms with E-state index in [9.17, 15) is 13.2 Å². The fourth-order valence-electron chi connectivity index (χ4n) is 4.80. The molecule has 24 heavy (non-hydrogen) atoms. The molecule has 0 aromatic rings. The van der Waals surface area contributed by atoms with Gasteiger partial charge < -0.3 is 10.2 Å². The predicted octanol–water partition coefficient (Wildman–Crippen LogP) is 2.02. The van der Waals surface area contributed by atoms with Crippen LogP contribution in [0, 0.1) is 11.3 Å². The topological polar surface area (TPSA) is 69.7 Å². The second-order valence-corrected chi connectivity index (χ2v) is 10.4. The highest BCUT2D eigenvalue weighted by atomic mass is 32.2. The van der Waals surface area contributed by atoms with Crippen LogP contribution in [-0.2, 0) is 10.0 Å². The fourth-order valence-corrected chi connectivity index (χ4v) is 5.62. The van der Waals surface area contributed by atoms with Crippen molar-refractivity contribution in [2.75, 3.05) is 32.4 Å². The van der Waals surface area contributed by atoms with Crippen LogP contribution in [0.4, 0.5) is 4.79 Å². The van der Waals surface area contributed by atoms with Crippen LogP contribution in [0.25, 0.3) is 0 Å². The molecule has 4 rings (SSSR count). The lowest BCUT2D eigenvalue weighted by Crippen LogP contribution is -2.61. The van der Waals surface area contributed by atoms with Crippen LogP contribution in [0.2, 0.25) is 0 Å². The molecule has 3 saturated carbocycles. The maximum atomic E-state index is 12.7. The Morgan fingerprint density at radius 1 is 0.958 bits per heavy atom. The van der Waals surface area contributed by atoms with Gasteiger partial charge in [0.2, 0.25) is 10.0 Å². The summed E-state index contributed by atoms with van der Waals surface area (Å²) in [7, 11) is -3.15. The molecule has 0 aromatic heterocycles. The molecule has 3 aliphatic carbocycles. The van der Waals surface area contributed by atoms with Gasteiger partial charge in [0.1, 0.15) is 0 Å². The van der Waals surface area contributed by atoms with Crippen molar-refractivity contribution in [1.29, 1.82) is 0 Å². The highest BCUT2D eigenvalue weighted by molar-refractivity contribution is 7.88. The number of amides is 2. The van der Waals surface area contributed by atoms with Gasteiger partial charge in [0.15, 0.2) is 0 Å². The summed E-state index contributed by atoms with van der Waals surface area (Å²) in [5.41, 5.74) is 0.468. The van der Waals surface area contributed by atoms with E-state index in [0.717, 1.165) is 25.2 Å². The molecular weight excluding hydrogens is 326 g/mol. The molecule has 1 heterocycles. The third kappa shape index (κ3) is 3.29. The molecule has 4 aliphatic rings. The van der Waals surface area contributed by atoms with Gasteiger partial charge in [0.05, 0.1) is 6.26 Å². The molecule has 2 amide bonds. The Balaban J connectivity index is 1.55. The lowest BCUT2D eigenvalue weighted by molar-refractivity contribution is -0.00767. The molecular formula is C17H31N3O3S. The standard InChI is InChI=1S/C17H31N3O3S/c1-14(2)16-4-7-17(8-5-16,9-6-16)18-15(21)19-10-12-20(13-11-19)24(3,22)23/h14H,4-13H2,1-3H3,(H,18,21). The molecule has 138 valence electrons. The average Bonchev–Trinajstić information content (AvgIpc) is 2.55. The van der Waals surface area contributed by atoms with Gasteiger partial charge >= 0.3 is 6.03 Å². The first-order valence-corrected chi connectivity index (χ1v) is 11.0. The van der Waals surface area contributed by atoms with Crippen molar-refractivity contribution in [3.63, 3.8) is 0 Å². The normalized spacial score (nSPS) is 34.6. The van der Waals surface area contributed by atoms with Gasteiger partial charge in [-0.2, -0.15) is 4.31 Å². The minimum absolute atomic E-state index is 0.0119. The third-order valence-electron chi connectivity index (χ3n) is 6.90. The highest BCUT2D eigenvalue weighted by Crippen LogP contribution is 2.55. The molecule has 1 aliphatic heterocycles. The van der Waals surface area contributed by atoms with E-state index in [1.165, 1.54) is 29.8 Å². The molecule has 1 saturated heterocycles. The molecule has 1 N–H and O–H groups in total. The van der Waals surface area contributed by atoms with Gasteiger partial charge in [0, 0.05) is 31.7 Å². The number of fused-ring (bicyclic) bond motifs is 3. The van der Waals surface area contributed by atoms with Gasteiger partial charge in [0.25, 0.3) is 0 Å². The van der Waals surface area contributed by atoms with E-state index in [1.807, 2.05) is 0 Å². The third-order valence-corrected chi connectivity index (χ3v) is 8.20. The minimum atomic E-state index is -3.15. The van der Waals surface area contributed by atoms with Gasteiger partial charge in [-0.1, -0.05) is 13.8 Å². The number of nitrogens with one attached hydrogen (secondary N) is 1. The van der Waals surface area contributed by atoms with Crippen molar-refractivity contribution in [2.45, 2.75) is 57.9 Å². The van der Waals surface area contributed by atoms with E-state index in [1.54, 1.807) is 4.90 Å². The largest absolute Gasteiger partial charge is 0.333 e. The van der Waals surface area contributed by atoms with Crippen molar-refractivity contribution in [3.05, 3.63) is 0 Å². The van der Waals surface area contributed by atoms with E-state index in [-0.39, 0.29) is 11.6 Å². The Morgan fingerprint density at radius 2 is 1.46 bits per heavy atom. The number of rotatable bonds is 3. The van der Waals surface area contributed by atoms with Crippen LogP contribution in [-0.4, -0.2) is 61.6 Å². The first-order chi connectivity index (χ1) is 11.2. The number of piperazine rings is 1. The molecule has 6 nitrogen and oxygen atoms in total. The van der Waals surface area contributed by atoms with Crippen LogP contribution >= 0.6 is 0 Å². The summed E-state index contributed by atoms with van der Waals surface area (Å²) >= 11 is 0. The van der Waals surface area contributed by atoms with Gasteiger partial charge in [-0.05, 0) is 49.9 Å². The first-order valence-electron chi connectivity index (χ1n) is 9.18. The van der Waals surface area contributed by atoms with E-state index < -0.39 is 10.0 Å². The number of sulfonamides is 1. The SMILES string of the molecule is CC(C)C12CCC(NC(=O)N3CCN(S(C)(=O)=O)CC3)(CC1)CC2. The number of hydrogen-bond acceptors (Lipinski definition) is 3. The number of urea groups is 1. The van der Waals surface area contributed by atoms with Crippen LogP contribution < -0.4 is 5.32 Å². The maximum absolute atomic E-state index is 12.7. The maximum Gasteiger partial charge on any atom is 0.317 e. The second-order valence-electron chi connectivity index (χ2n) is 8.38. The van der Waals surface area contributed by atoms with Gasteiger partial charge in [-0.25, -0.2) is 13.2 Å². The van der Waals surface area contributed by atoms with Crippen molar-refractivity contribution in [3.8, 4) is 0 Å². The van der Waals surface area contributed by atoms with Crippen LogP contribution in [0.3, 0.4) is 0 Å². The Hall–Kier alpha value is -0.820. The Kier molecular flexibility index (Phi) is 4.62. The number of hydrogen-bond donors (Lipinski definition) is 1. The lowest BCUT2D eigenvalue weighted by atomic mass is 9.53. The number of carbonyl (C=O) groups is 1. The summed E-state index contributed by atoms with van der Waals surface area (Å²) in [6.45, 7) is 6.41. The molecule has 0 spiro atoms. The van der Waals surface area contributed by atoms with Gasteiger partial charge in [-0.3, -0.25) is 0 Å². The summed E-state index contributed by atoms with van der Waals surface area (Å²) in [5.74, 6) is 0.718. The van der Waals surface area contributed by atoms with E-state index in [2.05, 4.69) is 19.2 Å². The van der Waals surface area contributed by atoms with Crippen LogP contribution in [0.1, 0.15) is 52.4 Å².